The van der Waals surface area contributed by atoms with Gasteiger partial charge in [0.25, 0.3) is 5.56 Å². The summed E-state index contributed by atoms with van der Waals surface area (Å²) in [6.07, 6.45) is 3.07. The van der Waals surface area contributed by atoms with Gasteiger partial charge in [0.05, 0.1) is 6.04 Å². The molecule has 23 heavy (non-hydrogen) atoms. The Bertz CT molecular complexity index is 649. The number of halogens is 3. The van der Waals surface area contributed by atoms with Crippen LogP contribution < -0.4 is 5.56 Å². The van der Waals surface area contributed by atoms with Gasteiger partial charge in [-0.2, -0.15) is 13.2 Å². The van der Waals surface area contributed by atoms with E-state index in [0.717, 1.165) is 36.0 Å². The number of pyridine rings is 1. The molecule has 0 bridgehead atoms. The molecule has 126 valence electrons. The molecule has 0 saturated carbocycles. The van der Waals surface area contributed by atoms with Gasteiger partial charge in [-0.25, -0.2) is 0 Å². The summed E-state index contributed by atoms with van der Waals surface area (Å²) in [6, 6.07) is 1.82. The third-order valence-corrected chi connectivity index (χ3v) is 3.87. The van der Waals surface area contributed by atoms with E-state index in [1.165, 1.54) is 6.20 Å². The van der Waals surface area contributed by atoms with Crippen LogP contribution in [0.3, 0.4) is 0 Å². The van der Waals surface area contributed by atoms with Crippen LogP contribution in [0.25, 0.3) is 0 Å². The van der Waals surface area contributed by atoms with Crippen molar-refractivity contribution in [3.8, 4) is 0 Å². The molecule has 2 rings (SSSR count). The second-order valence-corrected chi connectivity index (χ2v) is 5.54. The zero-order chi connectivity index (χ0) is 17.0. The van der Waals surface area contributed by atoms with Crippen molar-refractivity contribution in [2.24, 2.45) is 0 Å². The molecule has 7 heteroatoms. The van der Waals surface area contributed by atoms with Crippen LogP contribution in [0.4, 0.5) is 13.2 Å². The van der Waals surface area contributed by atoms with Crippen LogP contribution >= 0.6 is 0 Å². The Morgan fingerprint density at radius 3 is 2.78 bits per heavy atom. The Morgan fingerprint density at radius 1 is 1.39 bits per heavy atom. The lowest BCUT2D eigenvalue weighted by Crippen LogP contribution is -2.40. The predicted molar refractivity (Wildman–Crippen MR) is 79.9 cm³/mol. The highest BCUT2D eigenvalue weighted by molar-refractivity contribution is 5.77. The fourth-order valence-electron chi connectivity index (χ4n) is 2.64. The molecule has 2 heterocycles. The fraction of sp³-hybridized carbons (Fsp3) is 0.500. The van der Waals surface area contributed by atoms with Crippen molar-refractivity contribution in [1.82, 2.24) is 9.47 Å². The van der Waals surface area contributed by atoms with Gasteiger partial charge in [-0.1, -0.05) is 31.9 Å². The third-order valence-electron chi connectivity index (χ3n) is 3.87. The SMILES string of the molecule is CCCC[C@@H]1C=CCN1C(=O)Cn1cccc(C(F)(F)F)c1=O. The van der Waals surface area contributed by atoms with Gasteiger partial charge in [0, 0.05) is 12.7 Å². The van der Waals surface area contributed by atoms with Gasteiger partial charge in [-0.3, -0.25) is 9.59 Å². The number of carbonyl (C=O) groups is 1. The number of carbonyl (C=O) groups excluding carboxylic acids is 1. The maximum absolute atomic E-state index is 12.7. The summed E-state index contributed by atoms with van der Waals surface area (Å²) in [5.41, 5.74) is -2.44. The summed E-state index contributed by atoms with van der Waals surface area (Å²) in [5, 5.41) is 0. The molecular weight excluding hydrogens is 309 g/mol. The van der Waals surface area contributed by atoms with Gasteiger partial charge in [-0.15, -0.1) is 0 Å². The summed E-state index contributed by atoms with van der Waals surface area (Å²) in [7, 11) is 0. The monoisotopic (exact) mass is 328 g/mol. The van der Waals surface area contributed by atoms with E-state index in [9.17, 15) is 22.8 Å². The zero-order valence-corrected chi connectivity index (χ0v) is 12.8. The molecule has 0 radical (unpaired) electrons. The zero-order valence-electron chi connectivity index (χ0n) is 12.8. The number of hydrogen-bond acceptors (Lipinski definition) is 2. The maximum Gasteiger partial charge on any atom is 0.421 e. The van der Waals surface area contributed by atoms with Crippen molar-refractivity contribution < 1.29 is 18.0 Å². The van der Waals surface area contributed by atoms with Crippen LogP contribution in [-0.2, 0) is 17.5 Å². The van der Waals surface area contributed by atoms with Gasteiger partial charge >= 0.3 is 6.18 Å². The Kier molecular flexibility index (Phi) is 5.28. The first kappa shape index (κ1) is 17.3. The molecule has 1 aromatic rings. The fourth-order valence-corrected chi connectivity index (χ4v) is 2.64. The van der Waals surface area contributed by atoms with Gasteiger partial charge in [0.2, 0.25) is 5.91 Å². The van der Waals surface area contributed by atoms with Gasteiger partial charge < -0.3 is 9.47 Å². The summed E-state index contributed by atoms with van der Waals surface area (Å²) in [4.78, 5) is 25.8. The Labute approximate surface area is 132 Å². The van der Waals surface area contributed by atoms with Crippen LogP contribution in [0.15, 0.2) is 35.3 Å². The molecule has 0 aromatic carbocycles. The number of aromatic nitrogens is 1. The van der Waals surface area contributed by atoms with E-state index < -0.39 is 17.3 Å². The normalized spacial score (nSPS) is 17.7. The van der Waals surface area contributed by atoms with E-state index in [1.54, 1.807) is 4.90 Å². The van der Waals surface area contributed by atoms with Crippen LogP contribution in [0, 0.1) is 0 Å². The summed E-state index contributed by atoms with van der Waals surface area (Å²) in [6.45, 7) is 2.10. The molecule has 0 unspecified atom stereocenters. The smallest absolute Gasteiger partial charge is 0.331 e. The van der Waals surface area contributed by atoms with E-state index >= 15 is 0 Å². The van der Waals surface area contributed by atoms with E-state index in [0.29, 0.717) is 6.54 Å². The first-order valence-electron chi connectivity index (χ1n) is 7.57. The van der Waals surface area contributed by atoms with E-state index in [2.05, 4.69) is 0 Å². The average Bonchev–Trinajstić information content (AvgIpc) is 2.94. The highest BCUT2D eigenvalue weighted by Crippen LogP contribution is 2.26. The lowest BCUT2D eigenvalue weighted by Gasteiger charge is -2.25. The van der Waals surface area contributed by atoms with Crippen LogP contribution in [0.5, 0.6) is 0 Å². The number of alkyl halides is 3. The second kappa shape index (κ2) is 7.02. The van der Waals surface area contributed by atoms with Crippen molar-refractivity contribution in [3.05, 3.63) is 46.4 Å². The number of rotatable bonds is 5. The molecule has 0 aliphatic carbocycles. The van der Waals surface area contributed by atoms with Crippen LogP contribution in [0.1, 0.15) is 31.7 Å². The van der Waals surface area contributed by atoms with E-state index in [-0.39, 0.29) is 18.5 Å². The van der Waals surface area contributed by atoms with Crippen molar-refractivity contribution in [3.63, 3.8) is 0 Å². The molecule has 1 aliphatic heterocycles. The summed E-state index contributed by atoms with van der Waals surface area (Å²) < 4.78 is 39.1. The van der Waals surface area contributed by atoms with Crippen molar-refractivity contribution >= 4 is 5.91 Å². The first-order valence-corrected chi connectivity index (χ1v) is 7.57. The molecular formula is C16H19F3N2O2. The molecule has 0 spiro atoms. The standard InChI is InChI=1S/C16H19F3N2O2/c1-2-3-6-12-7-4-10-21(12)14(22)11-20-9-5-8-13(15(20)23)16(17,18)19/h4-5,7-9,12H,2-3,6,10-11H2,1H3/t12-/m1/s1. The average molecular weight is 328 g/mol. The summed E-state index contributed by atoms with van der Waals surface area (Å²) >= 11 is 0. The van der Waals surface area contributed by atoms with Gasteiger partial charge in [0.1, 0.15) is 12.1 Å². The molecule has 0 saturated heterocycles. The third kappa shape index (κ3) is 4.03. The first-order chi connectivity index (χ1) is 10.8. The number of hydrogen-bond donors (Lipinski definition) is 0. The lowest BCUT2D eigenvalue weighted by atomic mass is 10.1. The topological polar surface area (TPSA) is 42.3 Å². The second-order valence-electron chi connectivity index (χ2n) is 5.54. The minimum absolute atomic E-state index is 0.0380. The minimum Gasteiger partial charge on any atom is -0.331 e. The van der Waals surface area contributed by atoms with E-state index in [1.807, 2.05) is 19.1 Å². The predicted octanol–water partition coefficient (Wildman–Crippen LogP) is 2.82. The molecule has 1 aliphatic rings. The Hall–Kier alpha value is -2.05. The molecule has 4 nitrogen and oxygen atoms in total. The van der Waals surface area contributed by atoms with Crippen molar-refractivity contribution in [2.75, 3.05) is 6.54 Å². The Balaban J connectivity index is 2.13. The lowest BCUT2D eigenvalue weighted by molar-refractivity contribution is -0.139. The quantitative estimate of drug-likeness (QED) is 0.780. The van der Waals surface area contributed by atoms with Gasteiger partial charge in [0.15, 0.2) is 0 Å². The molecule has 1 amide bonds. The molecule has 0 N–H and O–H groups in total. The van der Waals surface area contributed by atoms with Crippen LogP contribution in [0.2, 0.25) is 0 Å². The van der Waals surface area contributed by atoms with E-state index in [4.69, 9.17) is 0 Å². The minimum atomic E-state index is -4.72. The Morgan fingerprint density at radius 2 is 2.13 bits per heavy atom. The number of nitrogens with zero attached hydrogens (tertiary/aromatic N) is 2. The number of unbranched alkanes of at least 4 members (excludes halogenated alkanes) is 1. The molecule has 1 aromatic heterocycles. The molecule has 0 fully saturated rings. The van der Waals surface area contributed by atoms with Crippen molar-refractivity contribution in [1.29, 1.82) is 0 Å². The van der Waals surface area contributed by atoms with Crippen molar-refractivity contribution in [2.45, 2.75) is 44.9 Å². The molecule has 1 atom stereocenters. The van der Waals surface area contributed by atoms with Crippen LogP contribution in [-0.4, -0.2) is 28.0 Å². The highest BCUT2D eigenvalue weighted by atomic mass is 19.4. The summed E-state index contributed by atoms with van der Waals surface area (Å²) in [5.74, 6) is -0.350. The largest absolute Gasteiger partial charge is 0.421 e. The number of amides is 1. The highest BCUT2D eigenvalue weighted by Gasteiger charge is 2.34. The maximum atomic E-state index is 12.7. The van der Waals surface area contributed by atoms with Gasteiger partial charge in [-0.05, 0) is 18.6 Å².